The molecule has 0 bridgehead atoms. The molecule has 0 spiro atoms. The van der Waals surface area contributed by atoms with Gasteiger partial charge in [0.1, 0.15) is 17.7 Å². The summed E-state index contributed by atoms with van der Waals surface area (Å²) in [6.07, 6.45) is 1.24. The summed E-state index contributed by atoms with van der Waals surface area (Å²) >= 11 is 5.55. The number of amides is 2. The maximum absolute atomic E-state index is 14.0. The second-order valence-corrected chi connectivity index (χ2v) is 10.7. The molecule has 1 saturated heterocycles. The van der Waals surface area contributed by atoms with E-state index < -0.39 is 39.3 Å². The van der Waals surface area contributed by atoms with Gasteiger partial charge in [-0.25, -0.2) is 17.2 Å². The molecule has 2 aromatic rings. The molecule has 10 heteroatoms. The first-order valence-electron chi connectivity index (χ1n) is 10.2. The summed E-state index contributed by atoms with van der Waals surface area (Å²) in [5, 5.41) is 2.22. The van der Waals surface area contributed by atoms with E-state index in [0.717, 1.165) is 18.6 Å². The standard InChI is InChI=1S/C22H21ClF2N2O4S/c1-2-32(30,31)15-5-3-4-12(6-15)22(29)27-19-8-13(19)9-20(27)21(28)26-11-14-7-18(25)16(23)10-17(14)24/h3-7,10,13,19-20H,2,8-9,11H2,1H3,(H,26,28). The molecule has 1 aliphatic heterocycles. The molecule has 4 rings (SSSR count). The van der Waals surface area contributed by atoms with Gasteiger partial charge in [-0.1, -0.05) is 24.6 Å². The lowest BCUT2D eigenvalue weighted by atomic mass is 10.1. The molecular weight excluding hydrogens is 462 g/mol. The highest BCUT2D eigenvalue weighted by Gasteiger charge is 2.56. The second kappa shape index (κ2) is 8.44. The van der Waals surface area contributed by atoms with Crippen molar-refractivity contribution in [1.29, 1.82) is 0 Å². The average Bonchev–Trinajstić information content (AvgIpc) is 3.44. The van der Waals surface area contributed by atoms with E-state index in [4.69, 9.17) is 11.6 Å². The van der Waals surface area contributed by atoms with Crippen LogP contribution in [0.3, 0.4) is 0 Å². The highest BCUT2D eigenvalue weighted by molar-refractivity contribution is 7.91. The number of carbonyl (C=O) groups is 2. The van der Waals surface area contributed by atoms with Gasteiger partial charge < -0.3 is 10.2 Å². The van der Waals surface area contributed by atoms with E-state index in [0.29, 0.717) is 6.42 Å². The topological polar surface area (TPSA) is 83.6 Å². The van der Waals surface area contributed by atoms with Crippen LogP contribution in [0.1, 0.15) is 35.7 Å². The Morgan fingerprint density at radius 2 is 1.91 bits per heavy atom. The monoisotopic (exact) mass is 482 g/mol. The van der Waals surface area contributed by atoms with Crippen LogP contribution >= 0.6 is 11.6 Å². The minimum atomic E-state index is -3.49. The first-order chi connectivity index (χ1) is 15.1. The number of hydrogen-bond donors (Lipinski definition) is 1. The maximum atomic E-state index is 14.0. The van der Waals surface area contributed by atoms with E-state index in [1.165, 1.54) is 36.1 Å². The number of nitrogens with one attached hydrogen (secondary N) is 1. The summed E-state index contributed by atoms with van der Waals surface area (Å²) in [6.45, 7) is 1.27. The molecule has 1 aliphatic carbocycles. The number of benzene rings is 2. The van der Waals surface area contributed by atoms with Crippen molar-refractivity contribution in [2.45, 2.75) is 43.3 Å². The zero-order chi connectivity index (χ0) is 23.2. The Balaban J connectivity index is 1.51. The van der Waals surface area contributed by atoms with Gasteiger partial charge in [0.2, 0.25) is 5.91 Å². The van der Waals surface area contributed by atoms with E-state index in [-0.39, 0.29) is 45.3 Å². The zero-order valence-electron chi connectivity index (χ0n) is 17.1. The predicted molar refractivity (Wildman–Crippen MR) is 114 cm³/mol. The van der Waals surface area contributed by atoms with Crippen molar-refractivity contribution >= 4 is 33.3 Å². The van der Waals surface area contributed by atoms with Gasteiger partial charge in [-0.15, -0.1) is 0 Å². The van der Waals surface area contributed by atoms with Crippen molar-refractivity contribution < 1.29 is 26.8 Å². The van der Waals surface area contributed by atoms with Crippen molar-refractivity contribution in [2.75, 3.05) is 5.75 Å². The summed E-state index contributed by atoms with van der Waals surface area (Å²) in [6, 6.07) is 6.70. The maximum Gasteiger partial charge on any atom is 0.254 e. The number of fused-ring (bicyclic) bond motifs is 1. The van der Waals surface area contributed by atoms with E-state index in [9.17, 15) is 26.8 Å². The summed E-state index contributed by atoms with van der Waals surface area (Å²) in [4.78, 5) is 27.6. The highest BCUT2D eigenvalue weighted by atomic mass is 35.5. The van der Waals surface area contributed by atoms with Crippen molar-refractivity contribution in [3.8, 4) is 0 Å². The lowest BCUT2D eigenvalue weighted by Crippen LogP contribution is -2.47. The molecule has 1 saturated carbocycles. The second-order valence-electron chi connectivity index (χ2n) is 8.03. The first-order valence-corrected chi connectivity index (χ1v) is 12.2. The summed E-state index contributed by atoms with van der Waals surface area (Å²) in [5.41, 5.74) is 0.134. The fourth-order valence-corrected chi connectivity index (χ4v) is 5.20. The predicted octanol–water partition coefficient (Wildman–Crippen LogP) is 3.33. The summed E-state index contributed by atoms with van der Waals surface area (Å²) < 4.78 is 52.0. The summed E-state index contributed by atoms with van der Waals surface area (Å²) in [7, 11) is -3.49. The number of likely N-dealkylation sites (tertiary alicyclic amines) is 1. The quantitative estimate of drug-likeness (QED) is 0.640. The first kappa shape index (κ1) is 22.7. The third-order valence-electron chi connectivity index (χ3n) is 6.00. The minimum absolute atomic E-state index is 0.0543. The number of hydrogen-bond acceptors (Lipinski definition) is 4. The van der Waals surface area contributed by atoms with E-state index >= 15 is 0 Å². The van der Waals surface area contributed by atoms with Gasteiger partial charge in [-0.3, -0.25) is 9.59 Å². The molecule has 2 aromatic carbocycles. The SMILES string of the molecule is CCS(=O)(=O)c1cccc(C(=O)N2C(C(=O)NCc3cc(F)c(Cl)cc3F)CC3CC32)c1. The average molecular weight is 483 g/mol. The van der Waals surface area contributed by atoms with Crippen LogP contribution in [0.2, 0.25) is 5.02 Å². The molecule has 0 radical (unpaired) electrons. The van der Waals surface area contributed by atoms with Crippen LogP contribution in [0.15, 0.2) is 41.3 Å². The Bertz CT molecular complexity index is 1200. The molecule has 2 amide bonds. The van der Waals surface area contributed by atoms with Crippen molar-refractivity contribution in [2.24, 2.45) is 5.92 Å². The minimum Gasteiger partial charge on any atom is -0.350 e. The van der Waals surface area contributed by atoms with Crippen LogP contribution in [0.4, 0.5) is 8.78 Å². The molecule has 3 unspecified atom stereocenters. The van der Waals surface area contributed by atoms with Gasteiger partial charge in [0.05, 0.1) is 15.7 Å². The van der Waals surface area contributed by atoms with Crippen LogP contribution < -0.4 is 5.32 Å². The van der Waals surface area contributed by atoms with Gasteiger partial charge >= 0.3 is 0 Å². The molecule has 1 heterocycles. The Morgan fingerprint density at radius 3 is 2.62 bits per heavy atom. The Kier molecular flexibility index (Phi) is 5.98. The number of halogens is 3. The van der Waals surface area contributed by atoms with Crippen LogP contribution in [0, 0.1) is 17.6 Å². The molecule has 32 heavy (non-hydrogen) atoms. The smallest absolute Gasteiger partial charge is 0.254 e. The number of nitrogens with zero attached hydrogens (tertiary/aromatic N) is 1. The van der Waals surface area contributed by atoms with Crippen LogP contribution in [-0.4, -0.2) is 43.0 Å². The van der Waals surface area contributed by atoms with Gasteiger partial charge in [0.15, 0.2) is 9.84 Å². The van der Waals surface area contributed by atoms with Gasteiger partial charge in [0.25, 0.3) is 5.91 Å². The number of sulfone groups is 1. The fraction of sp³-hybridized carbons (Fsp3) is 0.364. The normalized spacial score (nSPS) is 21.9. The molecule has 2 fully saturated rings. The highest BCUT2D eigenvalue weighted by Crippen LogP contribution is 2.48. The molecule has 170 valence electrons. The Labute approximate surface area is 189 Å². The number of piperidine rings is 1. The lowest BCUT2D eigenvalue weighted by molar-refractivity contribution is -0.125. The molecule has 1 N–H and O–H groups in total. The molecule has 0 aromatic heterocycles. The molecule has 3 atom stereocenters. The van der Waals surface area contributed by atoms with Crippen molar-refractivity contribution in [3.05, 3.63) is 64.2 Å². The Morgan fingerprint density at radius 1 is 1.16 bits per heavy atom. The van der Waals surface area contributed by atoms with Crippen molar-refractivity contribution in [3.63, 3.8) is 0 Å². The third-order valence-corrected chi connectivity index (χ3v) is 8.03. The van der Waals surface area contributed by atoms with Crippen LogP contribution in [0.5, 0.6) is 0 Å². The molecule has 6 nitrogen and oxygen atoms in total. The third kappa shape index (κ3) is 4.23. The lowest BCUT2D eigenvalue weighted by Gasteiger charge is -2.27. The van der Waals surface area contributed by atoms with Gasteiger partial charge in [-0.2, -0.15) is 0 Å². The van der Waals surface area contributed by atoms with Gasteiger partial charge in [-0.05, 0) is 49.1 Å². The van der Waals surface area contributed by atoms with E-state index in [1.54, 1.807) is 0 Å². The molecule has 2 aliphatic rings. The van der Waals surface area contributed by atoms with E-state index in [2.05, 4.69) is 5.32 Å². The van der Waals surface area contributed by atoms with Gasteiger partial charge in [0, 0.05) is 23.7 Å². The number of rotatable bonds is 6. The van der Waals surface area contributed by atoms with Crippen molar-refractivity contribution in [1.82, 2.24) is 10.2 Å². The molecular formula is C22H21ClF2N2O4S. The van der Waals surface area contributed by atoms with Crippen LogP contribution in [-0.2, 0) is 21.2 Å². The number of carbonyl (C=O) groups excluding carboxylic acids is 2. The largest absolute Gasteiger partial charge is 0.350 e. The zero-order valence-corrected chi connectivity index (χ0v) is 18.7. The fourth-order valence-electron chi connectivity index (χ4n) is 4.12. The summed E-state index contributed by atoms with van der Waals surface area (Å²) in [5.74, 6) is -2.33. The van der Waals surface area contributed by atoms with Crippen LogP contribution in [0.25, 0.3) is 0 Å². The Hall–Kier alpha value is -2.52. The van der Waals surface area contributed by atoms with E-state index in [1.807, 2.05) is 0 Å².